The third kappa shape index (κ3) is 4.23. The Morgan fingerprint density at radius 1 is 1.06 bits per heavy atom. The highest BCUT2D eigenvalue weighted by Crippen LogP contribution is 2.38. The maximum absolute atomic E-state index is 13.4. The number of carbonyl (C=O) groups is 2. The molecule has 2 amide bonds. The van der Waals surface area contributed by atoms with Crippen LogP contribution in [0.1, 0.15) is 44.1 Å². The van der Waals surface area contributed by atoms with Gasteiger partial charge >= 0.3 is 0 Å². The van der Waals surface area contributed by atoms with E-state index in [0.29, 0.717) is 18.6 Å². The van der Waals surface area contributed by atoms with E-state index in [1.54, 1.807) is 0 Å². The fourth-order valence-electron chi connectivity index (χ4n) is 6.00. The molecule has 31 heavy (non-hydrogen) atoms. The number of fused-ring (bicyclic) bond motifs is 3. The molecule has 1 aromatic carbocycles. The van der Waals surface area contributed by atoms with Crippen LogP contribution >= 0.6 is 0 Å². The molecule has 0 spiro atoms. The molecule has 168 valence electrons. The zero-order valence-electron chi connectivity index (χ0n) is 18.5. The van der Waals surface area contributed by atoms with Gasteiger partial charge in [0.1, 0.15) is 6.04 Å². The molecule has 4 unspecified atom stereocenters. The molecule has 3 saturated heterocycles. The molecule has 3 heterocycles. The van der Waals surface area contributed by atoms with Crippen LogP contribution in [0.3, 0.4) is 0 Å². The van der Waals surface area contributed by atoms with Crippen molar-refractivity contribution in [2.75, 3.05) is 26.7 Å². The Morgan fingerprint density at radius 2 is 1.84 bits per heavy atom. The molecule has 4 atom stereocenters. The minimum absolute atomic E-state index is 0.00821. The molecule has 4 fully saturated rings. The summed E-state index contributed by atoms with van der Waals surface area (Å²) in [6.45, 7) is 3.58. The minimum atomic E-state index is -0.0606. The van der Waals surface area contributed by atoms with Gasteiger partial charge in [0.15, 0.2) is 0 Å². The first-order chi connectivity index (χ1) is 15.1. The molecule has 4 aliphatic rings. The molecule has 1 aliphatic carbocycles. The van der Waals surface area contributed by atoms with Gasteiger partial charge in [0.05, 0.1) is 0 Å². The van der Waals surface area contributed by atoms with E-state index < -0.39 is 0 Å². The summed E-state index contributed by atoms with van der Waals surface area (Å²) >= 11 is 0. The van der Waals surface area contributed by atoms with Gasteiger partial charge in [-0.1, -0.05) is 30.3 Å². The van der Waals surface area contributed by atoms with E-state index in [0.717, 1.165) is 63.7 Å². The number of piperazine rings is 1. The van der Waals surface area contributed by atoms with Gasteiger partial charge in [-0.15, -0.1) is 0 Å². The SMILES string of the molecule is CN1CCC(NC(=O)C2CCC3C(C2)N(Cc2ccccc2)C(=O)C2CCNN23)CC1. The van der Waals surface area contributed by atoms with Crippen LogP contribution in [0.15, 0.2) is 30.3 Å². The molecule has 7 heteroatoms. The lowest BCUT2D eigenvalue weighted by Crippen LogP contribution is -2.68. The lowest BCUT2D eigenvalue weighted by molar-refractivity contribution is -0.157. The van der Waals surface area contributed by atoms with Gasteiger partial charge in [0.25, 0.3) is 0 Å². The molecule has 7 nitrogen and oxygen atoms in total. The Balaban J connectivity index is 1.31. The maximum atomic E-state index is 13.4. The van der Waals surface area contributed by atoms with Crippen molar-refractivity contribution in [3.8, 4) is 0 Å². The number of amides is 2. The molecule has 0 bridgehead atoms. The van der Waals surface area contributed by atoms with E-state index in [1.165, 1.54) is 0 Å². The zero-order valence-corrected chi connectivity index (χ0v) is 18.5. The number of carbonyl (C=O) groups excluding carboxylic acids is 2. The number of likely N-dealkylation sites (tertiary alicyclic amines) is 1. The number of benzene rings is 1. The minimum Gasteiger partial charge on any atom is -0.353 e. The molecule has 2 N–H and O–H groups in total. The second kappa shape index (κ2) is 8.88. The monoisotopic (exact) mass is 425 g/mol. The van der Waals surface area contributed by atoms with Crippen LogP contribution in [0.4, 0.5) is 0 Å². The number of rotatable bonds is 4. The van der Waals surface area contributed by atoms with Crippen molar-refractivity contribution in [2.24, 2.45) is 5.92 Å². The largest absolute Gasteiger partial charge is 0.353 e. The van der Waals surface area contributed by atoms with Crippen LogP contribution < -0.4 is 10.7 Å². The van der Waals surface area contributed by atoms with Crippen LogP contribution in [-0.4, -0.2) is 77.5 Å². The summed E-state index contributed by atoms with van der Waals surface area (Å²) in [5.74, 6) is 0.397. The van der Waals surface area contributed by atoms with Crippen molar-refractivity contribution in [1.82, 2.24) is 25.6 Å². The van der Waals surface area contributed by atoms with Gasteiger partial charge in [-0.05, 0) is 64.2 Å². The summed E-state index contributed by atoms with van der Waals surface area (Å²) in [4.78, 5) is 31.0. The smallest absolute Gasteiger partial charge is 0.242 e. The van der Waals surface area contributed by atoms with Gasteiger partial charge in [0.2, 0.25) is 11.8 Å². The molecule has 1 aromatic rings. The number of nitrogens with zero attached hydrogens (tertiary/aromatic N) is 3. The van der Waals surface area contributed by atoms with E-state index in [9.17, 15) is 9.59 Å². The van der Waals surface area contributed by atoms with Gasteiger partial charge in [0, 0.05) is 37.1 Å². The molecule has 0 radical (unpaired) electrons. The molecule has 3 aliphatic heterocycles. The maximum Gasteiger partial charge on any atom is 0.242 e. The Kier molecular flexibility index (Phi) is 5.99. The highest BCUT2D eigenvalue weighted by molar-refractivity contribution is 5.84. The predicted octanol–water partition coefficient (Wildman–Crippen LogP) is 1.36. The fourth-order valence-corrected chi connectivity index (χ4v) is 6.00. The number of hydrazine groups is 1. The lowest BCUT2D eigenvalue weighted by atomic mass is 9.78. The third-order valence-electron chi connectivity index (χ3n) is 7.79. The average Bonchev–Trinajstić information content (AvgIpc) is 3.29. The Labute approximate surface area is 185 Å². The summed E-state index contributed by atoms with van der Waals surface area (Å²) < 4.78 is 0. The Hall–Kier alpha value is -1.96. The van der Waals surface area contributed by atoms with E-state index in [4.69, 9.17) is 0 Å². The second-order valence-corrected chi connectivity index (χ2v) is 9.80. The highest BCUT2D eigenvalue weighted by atomic mass is 16.2. The molecule has 0 aromatic heterocycles. The molecule has 5 rings (SSSR count). The first-order valence-corrected chi connectivity index (χ1v) is 12.0. The average molecular weight is 426 g/mol. The lowest BCUT2D eigenvalue weighted by Gasteiger charge is -2.52. The molecular weight excluding hydrogens is 390 g/mol. The van der Waals surface area contributed by atoms with E-state index in [2.05, 4.69) is 44.7 Å². The van der Waals surface area contributed by atoms with Crippen LogP contribution in [-0.2, 0) is 16.1 Å². The topological polar surface area (TPSA) is 67.9 Å². The second-order valence-electron chi connectivity index (χ2n) is 9.80. The molecule has 1 saturated carbocycles. The zero-order chi connectivity index (χ0) is 21.4. The summed E-state index contributed by atoms with van der Waals surface area (Å²) in [6, 6.07) is 10.9. The first kappa shape index (κ1) is 20.9. The number of hydrogen-bond acceptors (Lipinski definition) is 5. The van der Waals surface area contributed by atoms with Crippen molar-refractivity contribution >= 4 is 11.8 Å². The van der Waals surface area contributed by atoms with Crippen LogP contribution in [0, 0.1) is 5.92 Å². The summed E-state index contributed by atoms with van der Waals surface area (Å²) in [7, 11) is 2.14. The van der Waals surface area contributed by atoms with Crippen molar-refractivity contribution in [2.45, 2.75) is 69.2 Å². The Morgan fingerprint density at radius 3 is 2.61 bits per heavy atom. The standard InChI is InChI=1S/C24H35N5O2/c1-27-13-10-19(11-14-27)26-23(30)18-7-8-20-22(15-18)28(16-17-5-3-2-4-6-17)24(31)21-9-12-25-29(20)21/h2-6,18-22,25H,7-16H2,1H3,(H,26,30). The van der Waals surface area contributed by atoms with Crippen molar-refractivity contribution < 1.29 is 9.59 Å². The first-order valence-electron chi connectivity index (χ1n) is 12.0. The van der Waals surface area contributed by atoms with Crippen LogP contribution in [0.5, 0.6) is 0 Å². The van der Waals surface area contributed by atoms with Crippen molar-refractivity contribution in [1.29, 1.82) is 0 Å². The highest BCUT2D eigenvalue weighted by Gasteiger charge is 2.51. The van der Waals surface area contributed by atoms with Crippen molar-refractivity contribution in [3.05, 3.63) is 35.9 Å². The van der Waals surface area contributed by atoms with Gasteiger partial charge in [-0.3, -0.25) is 15.0 Å². The van der Waals surface area contributed by atoms with Gasteiger partial charge in [-0.2, -0.15) is 0 Å². The normalized spacial score (nSPS) is 32.5. The van der Waals surface area contributed by atoms with Crippen LogP contribution in [0.25, 0.3) is 0 Å². The fraction of sp³-hybridized carbons (Fsp3) is 0.667. The van der Waals surface area contributed by atoms with E-state index in [-0.39, 0.29) is 29.8 Å². The Bertz CT molecular complexity index is 794. The summed E-state index contributed by atoms with van der Waals surface area (Å²) in [5.41, 5.74) is 4.63. The van der Waals surface area contributed by atoms with Crippen LogP contribution in [0.2, 0.25) is 0 Å². The summed E-state index contributed by atoms with van der Waals surface area (Å²) in [5, 5.41) is 5.55. The summed E-state index contributed by atoms with van der Waals surface area (Å²) in [6.07, 6.45) is 5.54. The van der Waals surface area contributed by atoms with Gasteiger partial charge in [-0.25, -0.2) is 5.01 Å². The number of nitrogens with one attached hydrogen (secondary N) is 2. The molecular formula is C24H35N5O2. The number of piperidine rings is 1. The van der Waals surface area contributed by atoms with Crippen molar-refractivity contribution in [3.63, 3.8) is 0 Å². The number of hydrogen-bond donors (Lipinski definition) is 2. The van der Waals surface area contributed by atoms with E-state index >= 15 is 0 Å². The van der Waals surface area contributed by atoms with Gasteiger partial charge < -0.3 is 15.1 Å². The van der Waals surface area contributed by atoms with E-state index in [1.807, 2.05) is 18.2 Å². The predicted molar refractivity (Wildman–Crippen MR) is 119 cm³/mol. The third-order valence-corrected chi connectivity index (χ3v) is 7.79. The quantitative estimate of drug-likeness (QED) is 0.762.